The van der Waals surface area contributed by atoms with Gasteiger partial charge >= 0.3 is 0 Å². The fourth-order valence-corrected chi connectivity index (χ4v) is 3.22. The topological polar surface area (TPSA) is 117 Å². The summed E-state index contributed by atoms with van der Waals surface area (Å²) in [5, 5.41) is 3.91. The van der Waals surface area contributed by atoms with Crippen LogP contribution in [-0.2, 0) is 10.7 Å². The molecule has 0 aliphatic heterocycles. The summed E-state index contributed by atoms with van der Waals surface area (Å²) < 4.78 is 21.6. The maximum absolute atomic E-state index is 11.0. The standard InChI is InChI=1S/C17H18N3O5P/c1-24-15-7-13-14(8-16(15)25-2)18-10-19-17(13)20-12-5-3-11(4-6-12)9-26(21,22)23/h3-8,10H,9H2,1-2H3,(H,18,19,20)(H2,21,22,23)/p-1. The molecule has 0 aliphatic rings. The third-order valence-electron chi connectivity index (χ3n) is 3.74. The second-order valence-electron chi connectivity index (χ2n) is 5.56. The minimum atomic E-state index is -4.34. The maximum atomic E-state index is 11.0. The van der Waals surface area contributed by atoms with Crippen molar-refractivity contribution in [2.24, 2.45) is 0 Å². The molecule has 136 valence electrons. The highest BCUT2D eigenvalue weighted by atomic mass is 31.2. The zero-order valence-corrected chi connectivity index (χ0v) is 15.1. The van der Waals surface area contributed by atoms with Gasteiger partial charge in [0.25, 0.3) is 0 Å². The minimum Gasteiger partial charge on any atom is -0.778 e. The minimum absolute atomic E-state index is 0.402. The summed E-state index contributed by atoms with van der Waals surface area (Å²) in [6.45, 7) is 0. The van der Waals surface area contributed by atoms with E-state index in [1.807, 2.05) is 0 Å². The Morgan fingerprint density at radius 3 is 2.38 bits per heavy atom. The van der Waals surface area contributed by atoms with Gasteiger partial charge in [0.2, 0.25) is 0 Å². The number of nitrogens with zero attached hydrogens (tertiary/aromatic N) is 2. The average Bonchev–Trinajstić information content (AvgIpc) is 2.61. The summed E-state index contributed by atoms with van der Waals surface area (Å²) in [6.07, 6.45) is 1.03. The van der Waals surface area contributed by atoms with Crippen molar-refractivity contribution in [2.45, 2.75) is 6.16 Å². The Bertz CT molecular complexity index is 972. The fourth-order valence-electron chi connectivity index (χ4n) is 2.54. The van der Waals surface area contributed by atoms with Crippen LogP contribution < -0.4 is 19.7 Å². The highest BCUT2D eigenvalue weighted by Gasteiger charge is 2.11. The maximum Gasteiger partial charge on any atom is 0.162 e. The summed E-state index contributed by atoms with van der Waals surface area (Å²) >= 11 is 0. The van der Waals surface area contributed by atoms with Gasteiger partial charge < -0.3 is 29.1 Å². The monoisotopic (exact) mass is 374 g/mol. The average molecular weight is 374 g/mol. The third-order valence-corrected chi connectivity index (χ3v) is 4.50. The van der Waals surface area contributed by atoms with Crippen LogP contribution in [0, 0.1) is 0 Å². The number of hydrogen-bond donors (Lipinski definition) is 2. The Balaban J connectivity index is 1.92. The molecule has 0 saturated heterocycles. The smallest absolute Gasteiger partial charge is 0.162 e. The number of nitrogens with one attached hydrogen (secondary N) is 1. The number of fused-ring (bicyclic) bond motifs is 1. The first kappa shape index (κ1) is 18.1. The molecule has 8 nitrogen and oxygen atoms in total. The lowest BCUT2D eigenvalue weighted by Gasteiger charge is -2.16. The predicted molar refractivity (Wildman–Crippen MR) is 95.9 cm³/mol. The highest BCUT2D eigenvalue weighted by molar-refractivity contribution is 7.49. The summed E-state index contributed by atoms with van der Waals surface area (Å²) in [7, 11) is -1.23. The Morgan fingerprint density at radius 2 is 1.77 bits per heavy atom. The first-order chi connectivity index (χ1) is 12.4. The van der Waals surface area contributed by atoms with E-state index in [4.69, 9.17) is 14.4 Å². The molecule has 1 heterocycles. The lowest BCUT2D eigenvalue weighted by Crippen LogP contribution is -2.02. The number of aromatic nitrogens is 2. The molecule has 1 aromatic heterocycles. The molecule has 1 atom stereocenters. The van der Waals surface area contributed by atoms with Gasteiger partial charge in [-0.2, -0.15) is 0 Å². The van der Waals surface area contributed by atoms with E-state index >= 15 is 0 Å². The van der Waals surface area contributed by atoms with Gasteiger partial charge in [-0.3, -0.25) is 0 Å². The quantitative estimate of drug-likeness (QED) is 0.632. The van der Waals surface area contributed by atoms with Crippen molar-refractivity contribution >= 4 is 30.0 Å². The van der Waals surface area contributed by atoms with Crippen molar-refractivity contribution in [1.29, 1.82) is 0 Å². The van der Waals surface area contributed by atoms with Crippen LogP contribution in [0.15, 0.2) is 42.7 Å². The lowest BCUT2D eigenvalue weighted by atomic mass is 10.2. The van der Waals surface area contributed by atoms with Gasteiger partial charge in [-0.1, -0.05) is 12.1 Å². The van der Waals surface area contributed by atoms with E-state index in [9.17, 15) is 9.46 Å². The van der Waals surface area contributed by atoms with Crippen molar-refractivity contribution in [1.82, 2.24) is 9.97 Å². The van der Waals surface area contributed by atoms with Gasteiger partial charge in [0.05, 0.1) is 19.7 Å². The molecule has 3 rings (SSSR count). The molecule has 0 amide bonds. The molecule has 2 aromatic carbocycles. The Labute approximate surface area is 150 Å². The van der Waals surface area contributed by atoms with Crippen molar-refractivity contribution < 1.29 is 23.8 Å². The first-order valence-electron chi connectivity index (χ1n) is 7.65. The molecule has 0 aliphatic carbocycles. The predicted octanol–water partition coefficient (Wildman–Crippen LogP) is 2.44. The van der Waals surface area contributed by atoms with Crippen LogP contribution in [0.3, 0.4) is 0 Å². The second-order valence-corrected chi connectivity index (χ2v) is 7.16. The van der Waals surface area contributed by atoms with E-state index in [1.54, 1.807) is 50.6 Å². The van der Waals surface area contributed by atoms with Crippen LogP contribution in [0.1, 0.15) is 5.56 Å². The molecule has 0 fully saturated rings. The number of methoxy groups -OCH3 is 2. The van der Waals surface area contributed by atoms with Crippen molar-refractivity contribution in [3.63, 3.8) is 0 Å². The first-order valence-corrected chi connectivity index (χ1v) is 9.41. The van der Waals surface area contributed by atoms with Gasteiger partial charge in [0, 0.05) is 23.3 Å². The van der Waals surface area contributed by atoms with Crippen LogP contribution in [0.4, 0.5) is 11.5 Å². The van der Waals surface area contributed by atoms with E-state index in [2.05, 4.69) is 15.3 Å². The van der Waals surface area contributed by atoms with Gasteiger partial charge in [-0.05, 0) is 23.8 Å². The molecule has 0 radical (unpaired) electrons. The number of benzene rings is 2. The SMILES string of the molecule is COc1cc2ncnc(Nc3ccc(CP(=O)([O-])O)cc3)c2cc1OC. The second kappa shape index (κ2) is 7.29. The van der Waals surface area contributed by atoms with Gasteiger partial charge in [0.15, 0.2) is 11.5 Å². The van der Waals surface area contributed by atoms with E-state index in [0.29, 0.717) is 34.1 Å². The van der Waals surface area contributed by atoms with E-state index < -0.39 is 13.8 Å². The zero-order chi connectivity index (χ0) is 18.7. The van der Waals surface area contributed by atoms with Gasteiger partial charge in [0.1, 0.15) is 19.7 Å². The van der Waals surface area contributed by atoms with Crippen LogP contribution in [-0.4, -0.2) is 29.1 Å². The van der Waals surface area contributed by atoms with Crippen LogP contribution in [0.2, 0.25) is 0 Å². The molecule has 0 spiro atoms. The van der Waals surface area contributed by atoms with E-state index in [0.717, 1.165) is 5.39 Å². The Kier molecular flexibility index (Phi) is 5.08. The largest absolute Gasteiger partial charge is 0.778 e. The molecule has 9 heteroatoms. The highest BCUT2D eigenvalue weighted by Crippen LogP contribution is 2.36. The molecular formula is C17H17N3O5P-. The van der Waals surface area contributed by atoms with Crippen LogP contribution in [0.5, 0.6) is 11.5 Å². The number of ether oxygens (including phenoxy) is 2. The molecule has 0 bridgehead atoms. The molecule has 26 heavy (non-hydrogen) atoms. The van der Waals surface area contributed by atoms with Crippen molar-refractivity contribution in [3.05, 3.63) is 48.3 Å². The molecule has 2 N–H and O–H groups in total. The summed E-state index contributed by atoms with van der Waals surface area (Å²) in [4.78, 5) is 28.4. The van der Waals surface area contributed by atoms with E-state index in [1.165, 1.54) is 6.33 Å². The molecule has 0 saturated carbocycles. The van der Waals surface area contributed by atoms with E-state index in [-0.39, 0.29) is 0 Å². The van der Waals surface area contributed by atoms with Gasteiger partial charge in [-0.25, -0.2) is 9.97 Å². The molecule has 3 aromatic rings. The Morgan fingerprint density at radius 1 is 1.12 bits per heavy atom. The lowest BCUT2D eigenvalue weighted by molar-refractivity contribution is -0.194. The zero-order valence-electron chi connectivity index (χ0n) is 14.2. The van der Waals surface area contributed by atoms with Gasteiger partial charge in [-0.15, -0.1) is 0 Å². The van der Waals surface area contributed by atoms with Crippen LogP contribution in [0.25, 0.3) is 10.9 Å². The normalized spacial score (nSPS) is 13.2. The Hall–Kier alpha value is -2.67. The summed E-state index contributed by atoms with van der Waals surface area (Å²) in [6, 6.07) is 10.2. The summed E-state index contributed by atoms with van der Waals surface area (Å²) in [5.74, 6) is 1.70. The molecule has 1 unspecified atom stereocenters. The fraction of sp³-hybridized carbons (Fsp3) is 0.176. The van der Waals surface area contributed by atoms with Crippen LogP contribution >= 0.6 is 7.60 Å². The molecular weight excluding hydrogens is 357 g/mol. The third kappa shape index (κ3) is 4.11. The number of hydrogen-bond acceptors (Lipinski definition) is 7. The van der Waals surface area contributed by atoms with Crippen molar-refractivity contribution in [3.8, 4) is 11.5 Å². The number of rotatable bonds is 6. The summed E-state index contributed by atoms with van der Waals surface area (Å²) in [5.41, 5.74) is 1.89. The number of anilines is 2. The van der Waals surface area contributed by atoms with Crippen molar-refractivity contribution in [2.75, 3.05) is 19.5 Å².